The number of nitrogens with zero attached hydrogens (tertiary/aromatic N) is 1. The van der Waals surface area contributed by atoms with Gasteiger partial charge in [-0.2, -0.15) is 0 Å². The van der Waals surface area contributed by atoms with Crippen molar-refractivity contribution in [2.75, 3.05) is 19.7 Å². The van der Waals surface area contributed by atoms with Gasteiger partial charge in [-0.15, -0.1) is 0 Å². The topological polar surface area (TPSA) is 29.5 Å². The van der Waals surface area contributed by atoms with Gasteiger partial charge >= 0.3 is 0 Å². The molecule has 0 aromatic heterocycles. The fourth-order valence-corrected chi connectivity index (χ4v) is 2.11. The zero-order valence-electron chi connectivity index (χ0n) is 11.5. The molecular formula is C15H17F2NO2. The van der Waals surface area contributed by atoms with Crippen LogP contribution >= 0.6 is 0 Å². The van der Waals surface area contributed by atoms with E-state index in [0.29, 0.717) is 17.7 Å². The average Bonchev–Trinajstić information content (AvgIpc) is 2.46. The van der Waals surface area contributed by atoms with E-state index in [-0.39, 0.29) is 19.0 Å². The molecule has 0 saturated carbocycles. The molecule has 1 saturated heterocycles. The second kappa shape index (κ2) is 6.13. The van der Waals surface area contributed by atoms with Gasteiger partial charge in [0.05, 0.1) is 13.2 Å². The lowest BCUT2D eigenvalue weighted by Gasteiger charge is -2.33. The smallest absolute Gasteiger partial charge is 0.282 e. The molecule has 1 aromatic carbocycles. The largest absolute Gasteiger partial charge is 0.370 e. The minimum absolute atomic E-state index is 0.153. The quantitative estimate of drug-likeness (QED) is 0.780. The number of amides is 1. The van der Waals surface area contributed by atoms with E-state index in [9.17, 15) is 13.6 Å². The van der Waals surface area contributed by atoms with Crippen LogP contribution in [0.15, 0.2) is 35.7 Å². The summed E-state index contributed by atoms with van der Waals surface area (Å²) < 4.78 is 32.9. The van der Waals surface area contributed by atoms with Crippen LogP contribution in [-0.2, 0) is 9.53 Å². The van der Waals surface area contributed by atoms with E-state index in [4.69, 9.17) is 4.74 Å². The van der Waals surface area contributed by atoms with Crippen LogP contribution < -0.4 is 0 Å². The van der Waals surface area contributed by atoms with Gasteiger partial charge in [0.15, 0.2) is 5.83 Å². The standard InChI is InChI=1S/C15H17F2NO2/c1-10(2)14(17)15(19)18-7-8-20-13(9-18)11-5-3-4-6-12(11)16/h3-6,13H,7-9H2,1-2H3/t13-/m0/s1. The van der Waals surface area contributed by atoms with Gasteiger partial charge in [-0.05, 0) is 25.5 Å². The lowest BCUT2D eigenvalue weighted by molar-refractivity contribution is -0.136. The molecule has 1 heterocycles. The second-order valence-corrected chi connectivity index (χ2v) is 4.95. The van der Waals surface area contributed by atoms with Crippen LogP contribution in [0.1, 0.15) is 25.5 Å². The second-order valence-electron chi connectivity index (χ2n) is 4.95. The summed E-state index contributed by atoms with van der Waals surface area (Å²) in [6.07, 6.45) is -0.557. The normalized spacial score (nSPS) is 18.8. The fourth-order valence-electron chi connectivity index (χ4n) is 2.11. The molecule has 0 N–H and O–H groups in total. The van der Waals surface area contributed by atoms with Crippen molar-refractivity contribution in [3.05, 3.63) is 47.0 Å². The molecule has 20 heavy (non-hydrogen) atoms. The first-order chi connectivity index (χ1) is 9.50. The molecule has 3 nitrogen and oxygen atoms in total. The van der Waals surface area contributed by atoms with Gasteiger partial charge in [0.2, 0.25) is 0 Å². The Bertz CT molecular complexity index is 538. The van der Waals surface area contributed by atoms with Gasteiger partial charge in [-0.25, -0.2) is 8.78 Å². The monoisotopic (exact) mass is 281 g/mol. The molecule has 0 bridgehead atoms. The lowest BCUT2D eigenvalue weighted by Crippen LogP contribution is -2.42. The molecule has 1 fully saturated rings. The Labute approximate surface area is 116 Å². The van der Waals surface area contributed by atoms with Gasteiger partial charge in [-0.1, -0.05) is 18.2 Å². The van der Waals surface area contributed by atoms with Crippen molar-refractivity contribution >= 4 is 5.91 Å². The fraction of sp³-hybridized carbons (Fsp3) is 0.400. The third kappa shape index (κ3) is 3.04. The summed E-state index contributed by atoms with van der Waals surface area (Å²) in [4.78, 5) is 13.3. The highest BCUT2D eigenvalue weighted by Crippen LogP contribution is 2.25. The average molecular weight is 281 g/mol. The molecule has 0 unspecified atom stereocenters. The number of ether oxygens (including phenoxy) is 1. The number of rotatable bonds is 2. The molecule has 1 aliphatic heterocycles. The Kier molecular flexibility index (Phi) is 4.49. The zero-order valence-corrected chi connectivity index (χ0v) is 11.5. The van der Waals surface area contributed by atoms with Crippen LogP contribution in [0.4, 0.5) is 8.78 Å². The van der Waals surface area contributed by atoms with Crippen LogP contribution in [-0.4, -0.2) is 30.5 Å². The van der Waals surface area contributed by atoms with Crippen molar-refractivity contribution in [2.45, 2.75) is 20.0 Å². The third-order valence-corrected chi connectivity index (χ3v) is 3.23. The molecular weight excluding hydrogens is 264 g/mol. The van der Waals surface area contributed by atoms with Crippen molar-refractivity contribution in [2.24, 2.45) is 0 Å². The maximum absolute atomic E-state index is 13.7. The first-order valence-electron chi connectivity index (χ1n) is 6.49. The predicted octanol–water partition coefficient (Wildman–Crippen LogP) is 2.99. The molecule has 1 aliphatic rings. The Morgan fingerprint density at radius 2 is 2.05 bits per heavy atom. The van der Waals surface area contributed by atoms with Gasteiger partial charge in [0.1, 0.15) is 11.9 Å². The Hall–Kier alpha value is -1.75. The van der Waals surface area contributed by atoms with Crippen molar-refractivity contribution < 1.29 is 18.3 Å². The van der Waals surface area contributed by atoms with E-state index in [1.807, 2.05) is 0 Å². The van der Waals surface area contributed by atoms with E-state index in [1.165, 1.54) is 11.0 Å². The van der Waals surface area contributed by atoms with Crippen molar-refractivity contribution in [1.29, 1.82) is 0 Å². The summed E-state index contributed by atoms with van der Waals surface area (Å²) in [6, 6.07) is 6.26. The Morgan fingerprint density at radius 3 is 2.70 bits per heavy atom. The predicted molar refractivity (Wildman–Crippen MR) is 71.2 cm³/mol. The molecule has 108 valence electrons. The molecule has 0 aliphatic carbocycles. The number of hydrogen-bond donors (Lipinski definition) is 0. The summed E-state index contributed by atoms with van der Waals surface area (Å²) in [5, 5.41) is 0. The number of benzene rings is 1. The van der Waals surface area contributed by atoms with Gasteiger partial charge < -0.3 is 9.64 Å². The Morgan fingerprint density at radius 1 is 1.35 bits per heavy atom. The van der Waals surface area contributed by atoms with Crippen LogP contribution in [0.5, 0.6) is 0 Å². The van der Waals surface area contributed by atoms with Crippen LogP contribution in [0, 0.1) is 5.82 Å². The van der Waals surface area contributed by atoms with Gasteiger partial charge in [0.25, 0.3) is 5.91 Å². The molecule has 2 rings (SSSR count). The molecule has 1 amide bonds. The van der Waals surface area contributed by atoms with Crippen LogP contribution in [0.25, 0.3) is 0 Å². The van der Waals surface area contributed by atoms with Crippen LogP contribution in [0.3, 0.4) is 0 Å². The highest BCUT2D eigenvalue weighted by molar-refractivity contribution is 5.91. The summed E-state index contributed by atoms with van der Waals surface area (Å²) in [7, 11) is 0. The lowest BCUT2D eigenvalue weighted by atomic mass is 10.1. The number of allylic oxidation sites excluding steroid dienone is 1. The summed E-state index contributed by atoms with van der Waals surface area (Å²) in [6.45, 7) is 3.82. The van der Waals surface area contributed by atoms with E-state index in [0.717, 1.165) is 0 Å². The maximum Gasteiger partial charge on any atom is 0.282 e. The van der Waals surface area contributed by atoms with Crippen LogP contribution in [0.2, 0.25) is 0 Å². The number of carbonyl (C=O) groups is 1. The van der Waals surface area contributed by atoms with E-state index < -0.39 is 17.8 Å². The maximum atomic E-state index is 13.7. The number of halogens is 2. The molecule has 1 aromatic rings. The Balaban J connectivity index is 2.16. The first-order valence-corrected chi connectivity index (χ1v) is 6.49. The van der Waals surface area contributed by atoms with Crippen molar-refractivity contribution in [3.63, 3.8) is 0 Å². The number of morpholine rings is 1. The summed E-state index contributed by atoms with van der Waals surface area (Å²) in [5.41, 5.74) is 0.728. The van der Waals surface area contributed by atoms with Gasteiger partial charge in [-0.3, -0.25) is 4.79 Å². The van der Waals surface area contributed by atoms with Gasteiger partial charge in [0, 0.05) is 12.1 Å². The zero-order chi connectivity index (χ0) is 14.7. The molecule has 1 atom stereocenters. The number of hydrogen-bond acceptors (Lipinski definition) is 2. The molecule has 5 heteroatoms. The van der Waals surface area contributed by atoms with Crippen molar-refractivity contribution in [1.82, 2.24) is 4.90 Å². The minimum Gasteiger partial charge on any atom is -0.370 e. The SMILES string of the molecule is CC(C)=C(F)C(=O)N1CCO[C@H](c2ccccc2F)C1. The van der Waals surface area contributed by atoms with E-state index >= 15 is 0 Å². The highest BCUT2D eigenvalue weighted by atomic mass is 19.1. The molecule has 0 spiro atoms. The third-order valence-electron chi connectivity index (χ3n) is 3.23. The first kappa shape index (κ1) is 14.7. The molecule has 0 radical (unpaired) electrons. The minimum atomic E-state index is -0.751. The number of carbonyl (C=O) groups excluding carboxylic acids is 1. The summed E-state index contributed by atoms with van der Waals surface area (Å²) in [5.74, 6) is -1.79. The van der Waals surface area contributed by atoms with E-state index in [1.54, 1.807) is 32.0 Å². The van der Waals surface area contributed by atoms with E-state index in [2.05, 4.69) is 0 Å². The highest BCUT2D eigenvalue weighted by Gasteiger charge is 2.29. The van der Waals surface area contributed by atoms with Crippen molar-refractivity contribution in [3.8, 4) is 0 Å². The summed E-state index contributed by atoms with van der Waals surface area (Å²) >= 11 is 0.